The number of nitrogens with zero attached hydrogens (tertiary/aromatic N) is 2. The zero-order chi connectivity index (χ0) is 12.1. The van der Waals surface area contributed by atoms with Crippen molar-refractivity contribution in [2.45, 2.75) is 26.8 Å². The fraction of sp³-hybridized carbons (Fsp3) is 0.385. The molecule has 0 saturated heterocycles. The molecule has 0 bridgehead atoms. The summed E-state index contributed by atoms with van der Waals surface area (Å²) in [6, 6.07) is 6.39. The van der Waals surface area contributed by atoms with Gasteiger partial charge in [0.05, 0.1) is 0 Å². The molecule has 4 heteroatoms. The first-order chi connectivity index (χ1) is 8.27. The van der Waals surface area contributed by atoms with Crippen LogP contribution < -0.4 is 5.32 Å². The van der Waals surface area contributed by atoms with Gasteiger partial charge in [0, 0.05) is 19.5 Å². The van der Waals surface area contributed by atoms with Crippen LogP contribution in [0.1, 0.15) is 22.5 Å². The van der Waals surface area contributed by atoms with E-state index < -0.39 is 0 Å². The summed E-state index contributed by atoms with van der Waals surface area (Å²) in [7, 11) is 0. The van der Waals surface area contributed by atoms with Crippen LogP contribution >= 0.6 is 0 Å². The Labute approximate surface area is 101 Å². The third kappa shape index (κ3) is 3.14. The normalized spacial score (nSPS) is 10.7. The lowest BCUT2D eigenvalue weighted by Gasteiger charge is -2.09. The van der Waals surface area contributed by atoms with E-state index in [0.29, 0.717) is 0 Å². The average Bonchev–Trinajstić information content (AvgIpc) is 2.83. The Morgan fingerprint density at radius 3 is 2.94 bits per heavy atom. The van der Waals surface area contributed by atoms with E-state index in [1.807, 2.05) is 0 Å². The first-order valence-electron chi connectivity index (χ1n) is 5.78. The largest absolute Gasteiger partial charge is 0.343 e. The van der Waals surface area contributed by atoms with Gasteiger partial charge in [-0.15, -0.1) is 0 Å². The predicted octanol–water partition coefficient (Wildman–Crippen LogP) is 2.02. The Morgan fingerprint density at radius 1 is 1.29 bits per heavy atom. The topological polar surface area (TPSA) is 51.0 Å². The van der Waals surface area contributed by atoms with Crippen molar-refractivity contribution in [3.63, 3.8) is 0 Å². The van der Waals surface area contributed by atoms with Crippen LogP contribution in [0.4, 0.5) is 0 Å². The minimum atomic E-state index is 0.749. The fourth-order valence-corrected chi connectivity index (χ4v) is 1.73. The molecule has 90 valence electrons. The molecule has 0 aliphatic heterocycles. The lowest BCUT2D eigenvalue weighted by Crippen LogP contribution is -2.18. The van der Waals surface area contributed by atoms with E-state index in [4.69, 9.17) is 0 Å². The summed E-state index contributed by atoms with van der Waals surface area (Å²) >= 11 is 0. The van der Waals surface area contributed by atoms with Crippen LogP contribution in [0, 0.1) is 13.8 Å². The number of hydrogen-bond donors (Lipinski definition) is 1. The fourth-order valence-electron chi connectivity index (χ4n) is 1.73. The van der Waals surface area contributed by atoms with Gasteiger partial charge in [0.1, 0.15) is 0 Å². The maximum absolute atomic E-state index is 4.68. The van der Waals surface area contributed by atoms with E-state index in [1.54, 1.807) is 0 Å². The summed E-state index contributed by atoms with van der Waals surface area (Å²) in [5, 5.41) is 7.15. The third-order valence-electron chi connectivity index (χ3n) is 2.96. The molecule has 1 heterocycles. The molecule has 1 N–H and O–H groups in total. The molecular weight excluding hydrogens is 214 g/mol. The SMILES string of the molecule is Cc1cccc(CNCCc2ncon2)c1C. The summed E-state index contributed by atoms with van der Waals surface area (Å²) < 4.78 is 4.68. The van der Waals surface area contributed by atoms with Gasteiger partial charge in [-0.2, -0.15) is 4.98 Å². The molecule has 0 unspecified atom stereocenters. The molecule has 0 radical (unpaired) electrons. The van der Waals surface area contributed by atoms with Gasteiger partial charge in [-0.25, -0.2) is 0 Å². The van der Waals surface area contributed by atoms with Gasteiger partial charge in [-0.3, -0.25) is 0 Å². The van der Waals surface area contributed by atoms with Crippen molar-refractivity contribution in [1.82, 2.24) is 15.5 Å². The van der Waals surface area contributed by atoms with Crippen LogP contribution in [-0.4, -0.2) is 16.7 Å². The third-order valence-corrected chi connectivity index (χ3v) is 2.96. The molecule has 0 saturated carbocycles. The van der Waals surface area contributed by atoms with Crippen molar-refractivity contribution in [2.24, 2.45) is 0 Å². The molecular formula is C13H17N3O. The highest BCUT2D eigenvalue weighted by Crippen LogP contribution is 2.12. The Kier molecular flexibility index (Phi) is 3.88. The molecule has 1 aromatic heterocycles. The van der Waals surface area contributed by atoms with E-state index in [9.17, 15) is 0 Å². The molecule has 0 amide bonds. The highest BCUT2D eigenvalue weighted by Gasteiger charge is 2.01. The highest BCUT2D eigenvalue weighted by molar-refractivity contribution is 5.32. The minimum absolute atomic E-state index is 0.749. The molecule has 0 aliphatic carbocycles. The van der Waals surface area contributed by atoms with Gasteiger partial charge in [0.25, 0.3) is 0 Å². The first-order valence-corrected chi connectivity index (χ1v) is 5.78. The zero-order valence-electron chi connectivity index (χ0n) is 10.2. The second-order valence-electron chi connectivity index (χ2n) is 4.13. The van der Waals surface area contributed by atoms with Crippen molar-refractivity contribution in [1.29, 1.82) is 0 Å². The minimum Gasteiger partial charge on any atom is -0.343 e. The molecule has 17 heavy (non-hydrogen) atoms. The monoisotopic (exact) mass is 231 g/mol. The second-order valence-corrected chi connectivity index (χ2v) is 4.13. The molecule has 4 nitrogen and oxygen atoms in total. The van der Waals surface area contributed by atoms with E-state index in [-0.39, 0.29) is 0 Å². The summed E-state index contributed by atoms with van der Waals surface area (Å²) in [6.45, 7) is 6.03. The second kappa shape index (κ2) is 5.59. The number of benzene rings is 1. The van der Waals surface area contributed by atoms with Crippen LogP contribution in [-0.2, 0) is 13.0 Å². The number of rotatable bonds is 5. The predicted molar refractivity (Wildman–Crippen MR) is 65.6 cm³/mol. The standard InChI is InChI=1S/C13H17N3O/c1-10-4-3-5-12(11(10)2)8-14-7-6-13-15-9-17-16-13/h3-5,9,14H,6-8H2,1-2H3. The van der Waals surface area contributed by atoms with Crippen LogP contribution in [0.3, 0.4) is 0 Å². The van der Waals surface area contributed by atoms with Crippen molar-refractivity contribution in [3.8, 4) is 0 Å². The van der Waals surface area contributed by atoms with E-state index in [1.165, 1.54) is 23.1 Å². The number of aromatic nitrogens is 2. The lowest BCUT2D eigenvalue weighted by atomic mass is 10.0. The van der Waals surface area contributed by atoms with E-state index >= 15 is 0 Å². The first kappa shape index (κ1) is 11.8. The Bertz CT molecular complexity index is 466. The molecule has 0 atom stereocenters. The van der Waals surface area contributed by atoms with Gasteiger partial charge >= 0.3 is 0 Å². The molecule has 2 aromatic rings. The molecule has 1 aromatic carbocycles. The smallest absolute Gasteiger partial charge is 0.213 e. The van der Waals surface area contributed by atoms with Crippen LogP contribution in [0.2, 0.25) is 0 Å². The molecule has 0 aliphatic rings. The van der Waals surface area contributed by atoms with Gasteiger partial charge < -0.3 is 9.84 Å². The van der Waals surface area contributed by atoms with Gasteiger partial charge in [0.15, 0.2) is 5.82 Å². The maximum atomic E-state index is 4.68. The van der Waals surface area contributed by atoms with E-state index in [2.05, 4.69) is 52.0 Å². The number of nitrogens with one attached hydrogen (secondary N) is 1. The van der Waals surface area contributed by atoms with E-state index in [0.717, 1.165) is 25.3 Å². The quantitative estimate of drug-likeness (QED) is 0.800. The van der Waals surface area contributed by atoms with Crippen molar-refractivity contribution < 1.29 is 4.52 Å². The van der Waals surface area contributed by atoms with Crippen molar-refractivity contribution in [3.05, 3.63) is 47.1 Å². The van der Waals surface area contributed by atoms with Gasteiger partial charge in [-0.05, 0) is 30.5 Å². The van der Waals surface area contributed by atoms with Crippen molar-refractivity contribution >= 4 is 0 Å². The lowest BCUT2D eigenvalue weighted by molar-refractivity contribution is 0.409. The Morgan fingerprint density at radius 2 is 2.18 bits per heavy atom. The molecule has 0 spiro atoms. The zero-order valence-corrected chi connectivity index (χ0v) is 10.2. The Hall–Kier alpha value is -1.68. The molecule has 0 fully saturated rings. The Balaban J connectivity index is 1.80. The average molecular weight is 231 g/mol. The molecule has 2 rings (SSSR count). The van der Waals surface area contributed by atoms with Crippen LogP contribution in [0.15, 0.2) is 29.1 Å². The maximum Gasteiger partial charge on any atom is 0.213 e. The van der Waals surface area contributed by atoms with Crippen LogP contribution in [0.25, 0.3) is 0 Å². The summed E-state index contributed by atoms with van der Waals surface area (Å²) in [4.78, 5) is 3.97. The summed E-state index contributed by atoms with van der Waals surface area (Å²) in [6.07, 6.45) is 2.15. The number of hydrogen-bond acceptors (Lipinski definition) is 4. The highest BCUT2D eigenvalue weighted by atomic mass is 16.5. The summed E-state index contributed by atoms with van der Waals surface area (Å²) in [5.41, 5.74) is 4.04. The summed E-state index contributed by atoms with van der Waals surface area (Å²) in [5.74, 6) is 0.749. The van der Waals surface area contributed by atoms with Gasteiger partial charge in [-0.1, -0.05) is 23.4 Å². The van der Waals surface area contributed by atoms with Crippen LogP contribution in [0.5, 0.6) is 0 Å². The van der Waals surface area contributed by atoms with Gasteiger partial charge in [0.2, 0.25) is 6.39 Å². The number of aryl methyl sites for hydroxylation is 1. The van der Waals surface area contributed by atoms with Crippen molar-refractivity contribution in [2.75, 3.05) is 6.54 Å².